The molecule has 2 saturated heterocycles. The van der Waals surface area contributed by atoms with Gasteiger partial charge in [0, 0.05) is 29.1 Å². The number of carboxylic acid groups (broad SMARTS) is 1. The molecule has 2 aromatic rings. The van der Waals surface area contributed by atoms with Gasteiger partial charge in [0.05, 0.1) is 36.6 Å². The molecule has 2 fully saturated rings. The molecule has 2 aliphatic rings. The Hall–Kier alpha value is -2.12. The summed E-state index contributed by atoms with van der Waals surface area (Å²) in [5.74, 6) is -1.30. The van der Waals surface area contributed by atoms with E-state index in [1.807, 2.05) is 60.4 Å². The number of hydrogen-bond donors (Lipinski definition) is 2. The largest absolute Gasteiger partial charge is 0.481 e. The summed E-state index contributed by atoms with van der Waals surface area (Å²) in [5, 5.41) is 14.3. The average molecular weight is 519 g/mol. The first kappa shape index (κ1) is 26.0. The number of aliphatic carboxylic acids is 1. The normalized spacial score (nSPS) is 28.1. The number of benzene rings is 2. The lowest BCUT2D eigenvalue weighted by Crippen LogP contribution is -2.61. The molecule has 2 aliphatic heterocycles. The molecule has 0 aliphatic carbocycles. The van der Waals surface area contributed by atoms with Gasteiger partial charge in [0.25, 0.3) is 0 Å². The number of hydrogen-bond acceptors (Lipinski definition) is 4. The van der Waals surface area contributed by atoms with E-state index >= 15 is 0 Å². The zero-order valence-electron chi connectivity index (χ0n) is 20.0. The minimum atomic E-state index is -1.07. The number of carboxylic acids is 1. The van der Waals surface area contributed by atoms with Gasteiger partial charge in [-0.15, -0.1) is 0 Å². The number of carbonyl (C=O) groups excluding carboxylic acids is 1. The third-order valence-electron chi connectivity index (χ3n) is 7.29. The molecule has 0 bridgehead atoms. The van der Waals surface area contributed by atoms with Crippen LogP contribution in [0, 0.1) is 5.41 Å². The fourth-order valence-electron chi connectivity index (χ4n) is 5.72. The number of morpholine rings is 1. The van der Waals surface area contributed by atoms with Crippen molar-refractivity contribution in [3.8, 4) is 0 Å². The summed E-state index contributed by atoms with van der Waals surface area (Å²) in [5.41, 5.74) is 0.855. The highest BCUT2D eigenvalue weighted by atomic mass is 35.5. The summed E-state index contributed by atoms with van der Waals surface area (Å²) in [4.78, 5) is 28.1. The van der Waals surface area contributed by atoms with Gasteiger partial charge < -0.3 is 20.1 Å². The number of nitrogens with zero attached hydrogens (tertiary/aromatic N) is 1. The molecule has 0 radical (unpaired) electrons. The van der Waals surface area contributed by atoms with E-state index in [-0.39, 0.29) is 36.4 Å². The fourth-order valence-corrected chi connectivity index (χ4v) is 6.04. The molecule has 4 rings (SSSR count). The highest BCUT2D eigenvalue weighted by Crippen LogP contribution is 2.52. The van der Waals surface area contributed by atoms with E-state index in [0.717, 1.165) is 17.7 Å². The molecule has 0 aromatic heterocycles. The third kappa shape index (κ3) is 5.51. The van der Waals surface area contributed by atoms with Crippen molar-refractivity contribution in [1.29, 1.82) is 0 Å². The van der Waals surface area contributed by atoms with Crippen molar-refractivity contribution in [3.05, 3.63) is 69.7 Å². The van der Waals surface area contributed by atoms with Gasteiger partial charge in [-0.2, -0.15) is 0 Å². The zero-order chi connectivity index (χ0) is 25.2. The Balaban J connectivity index is 1.89. The molecule has 2 aromatic carbocycles. The summed E-state index contributed by atoms with van der Waals surface area (Å²) >= 11 is 12.6. The van der Waals surface area contributed by atoms with Crippen LogP contribution in [-0.4, -0.2) is 53.7 Å². The van der Waals surface area contributed by atoms with Crippen LogP contribution in [0.4, 0.5) is 0 Å². The molecule has 2 heterocycles. The summed E-state index contributed by atoms with van der Waals surface area (Å²) in [6, 6.07) is 14.7. The second-order valence-corrected chi connectivity index (χ2v) is 10.7. The van der Waals surface area contributed by atoms with E-state index < -0.39 is 11.4 Å². The molecule has 2 N–H and O–H groups in total. The summed E-state index contributed by atoms with van der Waals surface area (Å²) in [7, 11) is 0. The lowest BCUT2D eigenvalue weighted by molar-refractivity contribution is -0.165. The number of halogens is 2. The molecule has 6 nitrogen and oxygen atoms in total. The van der Waals surface area contributed by atoms with Gasteiger partial charge in [-0.3, -0.25) is 9.59 Å². The number of piperidine rings is 1. The van der Waals surface area contributed by atoms with E-state index in [9.17, 15) is 14.7 Å². The van der Waals surface area contributed by atoms with Gasteiger partial charge in [-0.1, -0.05) is 61.3 Å². The molecule has 35 heavy (non-hydrogen) atoms. The van der Waals surface area contributed by atoms with Crippen molar-refractivity contribution in [2.24, 2.45) is 5.41 Å². The van der Waals surface area contributed by atoms with E-state index in [4.69, 9.17) is 27.9 Å². The molecule has 1 unspecified atom stereocenters. The quantitative estimate of drug-likeness (QED) is 0.519. The van der Waals surface area contributed by atoms with Crippen molar-refractivity contribution in [2.45, 2.75) is 57.2 Å². The monoisotopic (exact) mass is 518 g/mol. The van der Waals surface area contributed by atoms with E-state index in [2.05, 4.69) is 5.32 Å². The van der Waals surface area contributed by atoms with Gasteiger partial charge in [0.2, 0.25) is 5.91 Å². The Labute approximate surface area is 216 Å². The van der Waals surface area contributed by atoms with Gasteiger partial charge in [0.15, 0.2) is 0 Å². The first-order valence-corrected chi connectivity index (χ1v) is 12.9. The third-order valence-corrected chi connectivity index (χ3v) is 7.78. The van der Waals surface area contributed by atoms with Crippen molar-refractivity contribution < 1.29 is 19.4 Å². The smallest absolute Gasteiger partial charge is 0.304 e. The SMILES string of the molecule is CC[C@@H]([C@@H]1CNCCO1)N1C(=O)[C@@](C)(CC(=O)O)CC(c2cccc(Cl)c2)[C@H]1c1ccc(Cl)cc1. The maximum absolute atomic E-state index is 14.3. The predicted octanol–water partition coefficient (Wildman–Crippen LogP) is 5.30. The van der Waals surface area contributed by atoms with E-state index in [1.165, 1.54) is 0 Å². The van der Waals surface area contributed by atoms with Gasteiger partial charge in [-0.05, 0) is 48.2 Å². The van der Waals surface area contributed by atoms with Crippen molar-refractivity contribution in [3.63, 3.8) is 0 Å². The van der Waals surface area contributed by atoms with Crippen LogP contribution in [0.15, 0.2) is 48.5 Å². The predicted molar refractivity (Wildman–Crippen MR) is 137 cm³/mol. The zero-order valence-corrected chi connectivity index (χ0v) is 21.6. The Kier molecular flexibility index (Phi) is 8.06. The van der Waals surface area contributed by atoms with Crippen LogP contribution >= 0.6 is 23.2 Å². The molecule has 0 spiro atoms. The molecule has 1 amide bonds. The lowest BCUT2D eigenvalue weighted by atomic mass is 9.66. The van der Waals surface area contributed by atoms with Crippen LogP contribution in [0.25, 0.3) is 0 Å². The number of carbonyl (C=O) groups is 2. The minimum Gasteiger partial charge on any atom is -0.481 e. The molecular formula is C27H32Cl2N2O4. The van der Waals surface area contributed by atoms with Crippen LogP contribution in [-0.2, 0) is 14.3 Å². The van der Waals surface area contributed by atoms with Crippen molar-refractivity contribution >= 4 is 35.1 Å². The fraction of sp³-hybridized carbons (Fsp3) is 0.481. The number of likely N-dealkylation sites (tertiary alicyclic amines) is 1. The first-order valence-electron chi connectivity index (χ1n) is 12.1. The maximum Gasteiger partial charge on any atom is 0.304 e. The van der Waals surface area contributed by atoms with Crippen LogP contribution in [0.3, 0.4) is 0 Å². The highest BCUT2D eigenvalue weighted by molar-refractivity contribution is 6.30. The molecule has 0 saturated carbocycles. The van der Waals surface area contributed by atoms with Crippen molar-refractivity contribution in [2.75, 3.05) is 19.7 Å². The number of rotatable bonds is 7. The molecule has 188 valence electrons. The molecule has 8 heteroatoms. The topological polar surface area (TPSA) is 78.9 Å². The van der Waals surface area contributed by atoms with Gasteiger partial charge in [-0.25, -0.2) is 0 Å². The Morgan fingerprint density at radius 3 is 2.54 bits per heavy atom. The van der Waals surface area contributed by atoms with Crippen LogP contribution in [0.2, 0.25) is 10.0 Å². The summed E-state index contributed by atoms with van der Waals surface area (Å²) < 4.78 is 6.13. The van der Waals surface area contributed by atoms with Crippen LogP contribution in [0.1, 0.15) is 56.2 Å². The number of ether oxygens (including phenoxy) is 1. The van der Waals surface area contributed by atoms with Gasteiger partial charge >= 0.3 is 5.97 Å². The Bertz CT molecular complexity index is 1060. The number of amides is 1. The minimum absolute atomic E-state index is 0.154. The van der Waals surface area contributed by atoms with E-state index in [1.54, 1.807) is 6.92 Å². The maximum atomic E-state index is 14.3. The second-order valence-electron chi connectivity index (χ2n) is 9.79. The molecular weight excluding hydrogens is 487 g/mol. The standard InChI is InChI=1S/C27H32Cl2N2O4/c1-3-22(23-16-30-11-12-35-23)31-25(17-7-9-19(28)10-8-17)21(18-5-4-6-20(29)13-18)14-27(2,26(31)34)15-24(32)33/h4-10,13,21-23,25,30H,3,11-12,14-16H2,1-2H3,(H,32,33)/t21?,22-,23-,25+,27+/m0/s1. The Morgan fingerprint density at radius 1 is 1.20 bits per heavy atom. The summed E-state index contributed by atoms with van der Waals surface area (Å²) in [6.07, 6.45) is 0.628. The van der Waals surface area contributed by atoms with Crippen LogP contribution in [0.5, 0.6) is 0 Å². The number of nitrogens with one attached hydrogen (secondary N) is 1. The summed E-state index contributed by atoms with van der Waals surface area (Å²) in [6.45, 7) is 5.79. The van der Waals surface area contributed by atoms with Gasteiger partial charge in [0.1, 0.15) is 0 Å². The van der Waals surface area contributed by atoms with Crippen molar-refractivity contribution in [1.82, 2.24) is 10.2 Å². The second kappa shape index (κ2) is 10.9. The highest BCUT2D eigenvalue weighted by Gasteiger charge is 2.53. The van der Waals surface area contributed by atoms with Crippen LogP contribution < -0.4 is 5.32 Å². The van der Waals surface area contributed by atoms with E-state index in [0.29, 0.717) is 36.0 Å². The Morgan fingerprint density at radius 2 is 1.94 bits per heavy atom. The average Bonchev–Trinajstić information content (AvgIpc) is 2.83. The molecule has 5 atom stereocenters. The first-order chi connectivity index (χ1) is 16.7. The lowest BCUT2D eigenvalue weighted by Gasteiger charge is -2.53.